The van der Waals surface area contributed by atoms with Crippen LogP contribution in [0.1, 0.15) is 28.3 Å². The minimum absolute atomic E-state index is 0.0533. The van der Waals surface area contributed by atoms with Crippen LogP contribution in [0.3, 0.4) is 0 Å². The smallest absolute Gasteiger partial charge is 0.295 e. The highest BCUT2D eigenvalue weighted by Crippen LogP contribution is 2.41. The van der Waals surface area contributed by atoms with Gasteiger partial charge < -0.3 is 14.7 Å². The van der Waals surface area contributed by atoms with E-state index < -0.39 is 17.7 Å². The summed E-state index contributed by atoms with van der Waals surface area (Å²) < 4.78 is 6.09. The topological polar surface area (TPSA) is 66.8 Å². The Labute approximate surface area is 205 Å². The van der Waals surface area contributed by atoms with E-state index in [9.17, 15) is 14.7 Å². The lowest BCUT2D eigenvalue weighted by atomic mass is 9.95. The van der Waals surface area contributed by atoms with Crippen molar-refractivity contribution >= 4 is 45.0 Å². The molecule has 7 heteroatoms. The van der Waals surface area contributed by atoms with E-state index in [4.69, 9.17) is 16.3 Å². The number of rotatable bonds is 5. The first-order valence-electron chi connectivity index (χ1n) is 10.2. The van der Waals surface area contributed by atoms with E-state index in [0.717, 1.165) is 15.6 Å². The van der Waals surface area contributed by atoms with Crippen molar-refractivity contribution in [2.24, 2.45) is 0 Å². The number of methoxy groups -OCH3 is 1. The van der Waals surface area contributed by atoms with Crippen LogP contribution in [0, 0.1) is 6.92 Å². The number of aryl methyl sites for hydroxylation is 1. The van der Waals surface area contributed by atoms with E-state index in [1.165, 1.54) is 4.90 Å². The molecule has 1 atom stereocenters. The number of amides is 1. The number of Topliss-reactive ketones (excluding diaryl/α,β-unsaturated/α-hetero) is 1. The summed E-state index contributed by atoms with van der Waals surface area (Å²) in [5.41, 5.74) is 2.93. The summed E-state index contributed by atoms with van der Waals surface area (Å²) in [6.07, 6.45) is 0. The number of likely N-dealkylation sites (tertiary alicyclic amines) is 1. The van der Waals surface area contributed by atoms with Crippen LogP contribution >= 0.6 is 27.5 Å². The van der Waals surface area contributed by atoms with Crippen molar-refractivity contribution in [3.63, 3.8) is 0 Å². The predicted molar refractivity (Wildman–Crippen MR) is 131 cm³/mol. The van der Waals surface area contributed by atoms with Gasteiger partial charge in [0.2, 0.25) is 0 Å². The maximum absolute atomic E-state index is 13.2. The number of carbonyl (C=O) groups is 2. The normalized spacial score (nSPS) is 17.5. The molecular weight excluding hydrogens is 506 g/mol. The Bertz CT molecular complexity index is 1250. The number of ketones is 1. The van der Waals surface area contributed by atoms with E-state index in [1.807, 2.05) is 19.1 Å². The maximum Gasteiger partial charge on any atom is 0.295 e. The van der Waals surface area contributed by atoms with Crippen molar-refractivity contribution in [3.05, 3.63) is 104 Å². The molecular formula is C26H21BrClNO4. The van der Waals surface area contributed by atoms with E-state index >= 15 is 0 Å². The predicted octanol–water partition coefficient (Wildman–Crippen LogP) is 6.04. The number of aliphatic hydroxyl groups is 1. The van der Waals surface area contributed by atoms with Gasteiger partial charge in [-0.3, -0.25) is 9.59 Å². The van der Waals surface area contributed by atoms with Crippen LogP contribution < -0.4 is 4.74 Å². The highest BCUT2D eigenvalue weighted by atomic mass is 79.9. The molecule has 5 nitrogen and oxygen atoms in total. The van der Waals surface area contributed by atoms with Gasteiger partial charge in [0, 0.05) is 21.6 Å². The van der Waals surface area contributed by atoms with Gasteiger partial charge in [-0.25, -0.2) is 0 Å². The van der Waals surface area contributed by atoms with Crippen molar-refractivity contribution < 1.29 is 19.4 Å². The van der Waals surface area contributed by atoms with Gasteiger partial charge in [-0.2, -0.15) is 0 Å². The third-order valence-corrected chi connectivity index (χ3v) is 6.81. The number of ether oxygens (including phenoxy) is 1. The Balaban J connectivity index is 1.83. The highest BCUT2D eigenvalue weighted by molar-refractivity contribution is 9.10. The minimum Gasteiger partial charge on any atom is -0.507 e. The van der Waals surface area contributed by atoms with Gasteiger partial charge in [0.15, 0.2) is 0 Å². The molecule has 1 unspecified atom stereocenters. The summed E-state index contributed by atoms with van der Waals surface area (Å²) in [4.78, 5) is 27.8. The SMILES string of the molecule is COc1ccc(CN2C(=O)C(=O)/C(=C(\O)c3ccc(Br)c(C)c3)C2c2ccc(Cl)cc2)cc1. The lowest BCUT2D eigenvalue weighted by Crippen LogP contribution is -2.29. The molecule has 1 saturated heterocycles. The molecule has 1 amide bonds. The Morgan fingerprint density at radius 1 is 1.06 bits per heavy atom. The van der Waals surface area contributed by atoms with Gasteiger partial charge in [-0.15, -0.1) is 0 Å². The quantitative estimate of drug-likeness (QED) is 0.250. The maximum atomic E-state index is 13.2. The lowest BCUT2D eigenvalue weighted by molar-refractivity contribution is -0.140. The van der Waals surface area contributed by atoms with Crippen LogP contribution in [0.25, 0.3) is 5.76 Å². The standard InChI is InChI=1S/C26H21BrClNO4/c1-15-13-18(7-12-21(15)27)24(30)22-23(17-5-8-19(28)9-6-17)29(26(32)25(22)31)14-16-3-10-20(33-2)11-4-16/h3-13,23,30H,14H2,1-2H3/b24-22-. The Morgan fingerprint density at radius 3 is 2.33 bits per heavy atom. The number of halogens is 2. The first-order valence-corrected chi connectivity index (χ1v) is 11.4. The third kappa shape index (κ3) is 4.54. The zero-order chi connectivity index (χ0) is 23.7. The molecule has 4 rings (SSSR count). The summed E-state index contributed by atoms with van der Waals surface area (Å²) in [6.45, 7) is 2.08. The fourth-order valence-corrected chi connectivity index (χ4v) is 4.28. The zero-order valence-corrected chi connectivity index (χ0v) is 20.4. The molecule has 1 aliphatic heterocycles. The van der Waals surface area contributed by atoms with Gasteiger partial charge in [-0.05, 0) is 60.0 Å². The second-order valence-corrected chi connectivity index (χ2v) is 9.08. The van der Waals surface area contributed by atoms with Crippen LogP contribution in [-0.4, -0.2) is 28.8 Å². The van der Waals surface area contributed by atoms with Crippen molar-refractivity contribution in [2.45, 2.75) is 19.5 Å². The van der Waals surface area contributed by atoms with Crippen molar-refractivity contribution in [1.29, 1.82) is 0 Å². The van der Waals surface area contributed by atoms with Gasteiger partial charge in [0.25, 0.3) is 11.7 Å². The first-order chi connectivity index (χ1) is 15.8. The van der Waals surface area contributed by atoms with Crippen LogP contribution in [0.5, 0.6) is 5.75 Å². The van der Waals surface area contributed by atoms with Crippen LogP contribution in [0.15, 0.2) is 76.8 Å². The molecule has 1 fully saturated rings. The summed E-state index contributed by atoms with van der Waals surface area (Å²) in [6, 6.07) is 18.7. The Morgan fingerprint density at radius 2 is 1.73 bits per heavy atom. The molecule has 1 N–H and O–H groups in total. The molecule has 0 bridgehead atoms. The zero-order valence-electron chi connectivity index (χ0n) is 18.0. The molecule has 0 saturated carbocycles. The monoisotopic (exact) mass is 525 g/mol. The fourth-order valence-electron chi connectivity index (χ4n) is 3.91. The number of hydrogen-bond acceptors (Lipinski definition) is 4. The summed E-state index contributed by atoms with van der Waals surface area (Å²) in [7, 11) is 1.58. The third-order valence-electron chi connectivity index (χ3n) is 5.67. The van der Waals surface area contributed by atoms with E-state index in [1.54, 1.807) is 61.7 Å². The van der Waals surface area contributed by atoms with Crippen LogP contribution in [-0.2, 0) is 16.1 Å². The molecule has 1 aliphatic rings. The molecule has 33 heavy (non-hydrogen) atoms. The number of nitrogens with zero attached hydrogens (tertiary/aromatic N) is 1. The van der Waals surface area contributed by atoms with Gasteiger partial charge in [-0.1, -0.05) is 57.9 Å². The molecule has 3 aromatic rings. The highest BCUT2D eigenvalue weighted by Gasteiger charge is 2.46. The number of aliphatic hydroxyl groups excluding tert-OH is 1. The van der Waals surface area contributed by atoms with Crippen molar-refractivity contribution in [3.8, 4) is 5.75 Å². The lowest BCUT2D eigenvalue weighted by Gasteiger charge is -2.25. The second-order valence-electron chi connectivity index (χ2n) is 7.79. The fraction of sp³-hybridized carbons (Fsp3) is 0.154. The van der Waals surface area contributed by atoms with E-state index in [-0.39, 0.29) is 17.9 Å². The second kappa shape index (κ2) is 9.41. The molecule has 0 aliphatic carbocycles. The van der Waals surface area contributed by atoms with Crippen molar-refractivity contribution in [1.82, 2.24) is 4.90 Å². The van der Waals surface area contributed by atoms with Gasteiger partial charge in [0.1, 0.15) is 11.5 Å². The first kappa shape index (κ1) is 23.1. The Kier molecular flexibility index (Phi) is 6.58. The molecule has 0 spiro atoms. The Hall–Kier alpha value is -3.09. The van der Waals surface area contributed by atoms with Gasteiger partial charge >= 0.3 is 0 Å². The van der Waals surface area contributed by atoms with E-state index in [0.29, 0.717) is 21.9 Å². The minimum atomic E-state index is -0.756. The molecule has 168 valence electrons. The number of benzene rings is 3. The number of carbonyl (C=O) groups excluding carboxylic acids is 2. The molecule has 0 radical (unpaired) electrons. The number of hydrogen-bond donors (Lipinski definition) is 1. The van der Waals surface area contributed by atoms with Crippen LogP contribution in [0.4, 0.5) is 0 Å². The van der Waals surface area contributed by atoms with Crippen molar-refractivity contribution in [2.75, 3.05) is 7.11 Å². The molecule has 1 heterocycles. The molecule has 0 aromatic heterocycles. The summed E-state index contributed by atoms with van der Waals surface area (Å²) >= 11 is 9.52. The summed E-state index contributed by atoms with van der Waals surface area (Å²) in [5, 5.41) is 11.7. The largest absolute Gasteiger partial charge is 0.507 e. The molecule has 3 aromatic carbocycles. The average Bonchev–Trinajstić information content (AvgIpc) is 3.06. The van der Waals surface area contributed by atoms with E-state index in [2.05, 4.69) is 15.9 Å². The average molecular weight is 527 g/mol. The van der Waals surface area contributed by atoms with Gasteiger partial charge in [0.05, 0.1) is 18.7 Å². The summed E-state index contributed by atoms with van der Waals surface area (Å²) in [5.74, 6) is -0.899. The van der Waals surface area contributed by atoms with Crippen LogP contribution in [0.2, 0.25) is 5.02 Å².